The highest BCUT2D eigenvalue weighted by molar-refractivity contribution is 9.10. The smallest absolute Gasteiger partial charge is 0.276 e. The molecule has 0 aliphatic heterocycles. The lowest BCUT2D eigenvalue weighted by Crippen LogP contribution is -2.14. The van der Waals surface area contributed by atoms with Crippen LogP contribution in [0, 0.1) is 10.1 Å². The predicted octanol–water partition coefficient (Wildman–Crippen LogP) is 1.39. The standard InChI is InChI=1S/C9H9BrN2O4/c1-16-8-4-7(12(14)15)5(2-6(8)10)3-9(11)13/h2,4H,3H2,1H3,(H2,11,13). The number of nitro benzene ring substituents is 1. The monoisotopic (exact) mass is 288 g/mol. The summed E-state index contributed by atoms with van der Waals surface area (Å²) in [6, 6.07) is 2.71. The van der Waals surface area contributed by atoms with E-state index in [0.717, 1.165) is 0 Å². The Hall–Kier alpha value is -1.63. The Morgan fingerprint density at radius 3 is 2.69 bits per heavy atom. The van der Waals surface area contributed by atoms with Crippen molar-refractivity contribution < 1.29 is 14.5 Å². The van der Waals surface area contributed by atoms with Gasteiger partial charge in [-0.3, -0.25) is 14.9 Å². The number of carbonyl (C=O) groups is 1. The number of primary amides is 1. The van der Waals surface area contributed by atoms with Crippen LogP contribution >= 0.6 is 15.9 Å². The zero-order valence-corrected chi connectivity index (χ0v) is 9.98. The third kappa shape index (κ3) is 2.69. The summed E-state index contributed by atoms with van der Waals surface area (Å²) >= 11 is 3.18. The van der Waals surface area contributed by atoms with Crippen LogP contribution in [-0.2, 0) is 11.2 Å². The quantitative estimate of drug-likeness (QED) is 0.669. The topological polar surface area (TPSA) is 95.5 Å². The molecular weight excluding hydrogens is 280 g/mol. The van der Waals surface area contributed by atoms with E-state index < -0.39 is 10.8 Å². The summed E-state index contributed by atoms with van der Waals surface area (Å²) in [6.07, 6.45) is -0.182. The fourth-order valence-corrected chi connectivity index (χ4v) is 1.79. The number of amides is 1. The second kappa shape index (κ2) is 4.93. The van der Waals surface area contributed by atoms with Gasteiger partial charge in [0, 0.05) is 5.56 Å². The zero-order valence-electron chi connectivity index (χ0n) is 8.40. The first-order valence-electron chi connectivity index (χ1n) is 4.24. The second-order valence-corrected chi connectivity index (χ2v) is 3.87. The summed E-state index contributed by atoms with van der Waals surface area (Å²) in [4.78, 5) is 21.0. The minimum atomic E-state index is -0.625. The molecule has 0 unspecified atom stereocenters. The molecule has 0 heterocycles. The van der Waals surface area contributed by atoms with Crippen molar-refractivity contribution in [1.82, 2.24) is 0 Å². The molecule has 0 spiro atoms. The summed E-state index contributed by atoms with van der Waals surface area (Å²) in [7, 11) is 1.40. The van der Waals surface area contributed by atoms with Crippen molar-refractivity contribution in [3.05, 3.63) is 32.3 Å². The van der Waals surface area contributed by atoms with E-state index in [-0.39, 0.29) is 17.7 Å². The zero-order chi connectivity index (χ0) is 12.3. The molecule has 0 saturated carbocycles. The third-order valence-corrected chi connectivity index (χ3v) is 2.53. The molecule has 7 heteroatoms. The van der Waals surface area contributed by atoms with Crippen LogP contribution in [0.4, 0.5) is 5.69 Å². The molecule has 86 valence electrons. The van der Waals surface area contributed by atoms with Crippen LogP contribution in [0.2, 0.25) is 0 Å². The van der Waals surface area contributed by atoms with Crippen LogP contribution < -0.4 is 10.5 Å². The molecule has 0 saturated heterocycles. The van der Waals surface area contributed by atoms with E-state index >= 15 is 0 Å². The molecule has 1 amide bonds. The maximum Gasteiger partial charge on any atom is 0.276 e. The summed E-state index contributed by atoms with van der Waals surface area (Å²) in [5.74, 6) is -0.292. The highest BCUT2D eigenvalue weighted by Crippen LogP contribution is 2.32. The largest absolute Gasteiger partial charge is 0.495 e. The van der Waals surface area contributed by atoms with Crippen LogP contribution in [-0.4, -0.2) is 17.9 Å². The maximum atomic E-state index is 10.8. The van der Waals surface area contributed by atoms with Gasteiger partial charge in [0.2, 0.25) is 5.91 Å². The number of hydrogen-bond donors (Lipinski definition) is 1. The predicted molar refractivity (Wildman–Crippen MR) is 60.2 cm³/mol. The van der Waals surface area contributed by atoms with Crippen molar-refractivity contribution in [3.63, 3.8) is 0 Å². The first kappa shape index (κ1) is 12.4. The van der Waals surface area contributed by atoms with Crippen molar-refractivity contribution in [1.29, 1.82) is 0 Å². The van der Waals surface area contributed by atoms with Gasteiger partial charge < -0.3 is 10.5 Å². The number of methoxy groups -OCH3 is 1. The molecule has 0 fully saturated rings. The fraction of sp³-hybridized carbons (Fsp3) is 0.222. The Morgan fingerprint density at radius 2 is 2.25 bits per heavy atom. The van der Waals surface area contributed by atoms with Gasteiger partial charge in [-0.2, -0.15) is 0 Å². The highest BCUT2D eigenvalue weighted by atomic mass is 79.9. The van der Waals surface area contributed by atoms with Crippen LogP contribution in [0.3, 0.4) is 0 Å². The van der Waals surface area contributed by atoms with Crippen molar-refractivity contribution in [2.45, 2.75) is 6.42 Å². The number of nitrogens with two attached hydrogens (primary N) is 1. The lowest BCUT2D eigenvalue weighted by Gasteiger charge is -2.06. The Kier molecular flexibility index (Phi) is 3.83. The van der Waals surface area contributed by atoms with Gasteiger partial charge >= 0.3 is 0 Å². The van der Waals surface area contributed by atoms with E-state index in [4.69, 9.17) is 10.5 Å². The normalized spacial score (nSPS) is 9.88. The first-order chi connectivity index (χ1) is 7.45. The van der Waals surface area contributed by atoms with Crippen LogP contribution in [0.5, 0.6) is 5.75 Å². The van der Waals surface area contributed by atoms with Gasteiger partial charge in [-0.15, -0.1) is 0 Å². The lowest BCUT2D eigenvalue weighted by atomic mass is 10.1. The van der Waals surface area contributed by atoms with Crippen molar-refractivity contribution in [2.24, 2.45) is 5.73 Å². The Labute approximate surface area is 99.7 Å². The Morgan fingerprint density at radius 1 is 1.62 bits per heavy atom. The van der Waals surface area contributed by atoms with E-state index in [1.807, 2.05) is 0 Å². The molecule has 16 heavy (non-hydrogen) atoms. The SMILES string of the molecule is COc1cc([N+](=O)[O-])c(CC(N)=O)cc1Br. The number of hydrogen-bond acceptors (Lipinski definition) is 4. The average Bonchev–Trinajstić information content (AvgIpc) is 2.16. The summed E-state index contributed by atoms with van der Waals surface area (Å²) in [6.45, 7) is 0. The van der Waals surface area contributed by atoms with E-state index in [2.05, 4.69) is 15.9 Å². The minimum Gasteiger partial charge on any atom is -0.495 e. The van der Waals surface area contributed by atoms with Crippen molar-refractivity contribution in [3.8, 4) is 5.75 Å². The molecule has 0 aliphatic carbocycles. The Balaban J connectivity index is 3.30. The maximum absolute atomic E-state index is 10.8. The summed E-state index contributed by atoms with van der Waals surface area (Å²) < 4.78 is 5.47. The lowest BCUT2D eigenvalue weighted by molar-refractivity contribution is -0.385. The first-order valence-corrected chi connectivity index (χ1v) is 5.04. The number of nitrogens with zero attached hydrogens (tertiary/aromatic N) is 1. The molecule has 0 aliphatic rings. The molecule has 1 aromatic carbocycles. The number of nitro groups is 1. The number of carbonyl (C=O) groups excluding carboxylic acids is 1. The van der Waals surface area contributed by atoms with Gasteiger partial charge in [-0.05, 0) is 22.0 Å². The molecule has 0 bridgehead atoms. The van der Waals surface area contributed by atoms with E-state index in [9.17, 15) is 14.9 Å². The van der Waals surface area contributed by atoms with E-state index in [0.29, 0.717) is 10.2 Å². The molecular formula is C9H9BrN2O4. The van der Waals surface area contributed by atoms with E-state index in [1.54, 1.807) is 0 Å². The van der Waals surface area contributed by atoms with Crippen LogP contribution in [0.25, 0.3) is 0 Å². The van der Waals surface area contributed by atoms with Gasteiger partial charge in [0.1, 0.15) is 5.75 Å². The Bertz CT molecular complexity index is 447. The number of halogens is 1. The average molecular weight is 289 g/mol. The molecule has 2 N–H and O–H groups in total. The summed E-state index contributed by atoms with van der Waals surface area (Å²) in [5, 5.41) is 10.8. The third-order valence-electron chi connectivity index (χ3n) is 1.91. The van der Waals surface area contributed by atoms with Gasteiger partial charge in [-0.1, -0.05) is 0 Å². The van der Waals surface area contributed by atoms with Gasteiger partial charge in [0.25, 0.3) is 5.69 Å². The summed E-state index contributed by atoms with van der Waals surface area (Å²) in [5.41, 5.74) is 5.08. The number of rotatable bonds is 4. The molecule has 0 atom stereocenters. The van der Waals surface area contributed by atoms with Gasteiger partial charge in [0.15, 0.2) is 0 Å². The molecule has 1 rings (SSSR count). The van der Waals surface area contributed by atoms with Gasteiger partial charge in [0.05, 0.1) is 29.0 Å². The van der Waals surface area contributed by atoms with Crippen LogP contribution in [0.1, 0.15) is 5.56 Å². The molecule has 0 radical (unpaired) electrons. The highest BCUT2D eigenvalue weighted by Gasteiger charge is 2.19. The molecule has 0 aromatic heterocycles. The second-order valence-electron chi connectivity index (χ2n) is 3.02. The van der Waals surface area contributed by atoms with Crippen LogP contribution in [0.15, 0.2) is 16.6 Å². The van der Waals surface area contributed by atoms with Gasteiger partial charge in [-0.25, -0.2) is 0 Å². The minimum absolute atomic E-state index is 0.182. The molecule has 6 nitrogen and oxygen atoms in total. The van der Waals surface area contributed by atoms with Crippen molar-refractivity contribution in [2.75, 3.05) is 7.11 Å². The fourth-order valence-electron chi connectivity index (χ4n) is 1.24. The number of ether oxygens (including phenoxy) is 1. The van der Waals surface area contributed by atoms with E-state index in [1.165, 1.54) is 19.2 Å². The van der Waals surface area contributed by atoms with Crippen molar-refractivity contribution >= 4 is 27.5 Å². The molecule has 1 aromatic rings. The number of benzene rings is 1.